The molecular formula is C9H17BO3. The maximum absolute atomic E-state index is 5.84. The van der Waals surface area contributed by atoms with Crippen LogP contribution in [0.4, 0.5) is 0 Å². The van der Waals surface area contributed by atoms with E-state index in [9.17, 15) is 0 Å². The number of hydrogen-bond acceptors (Lipinski definition) is 3. The molecule has 0 aromatic carbocycles. The Morgan fingerprint density at radius 1 is 1.38 bits per heavy atom. The van der Waals surface area contributed by atoms with Crippen molar-refractivity contribution in [3.63, 3.8) is 0 Å². The smallest absolute Gasteiger partial charge is 0.109 e. The minimum absolute atomic E-state index is 0.00227. The van der Waals surface area contributed by atoms with Crippen molar-refractivity contribution in [3.8, 4) is 0 Å². The van der Waals surface area contributed by atoms with E-state index < -0.39 is 0 Å². The molecule has 0 aromatic heterocycles. The van der Waals surface area contributed by atoms with Crippen molar-refractivity contribution in [2.75, 3.05) is 20.8 Å². The molecule has 3 nitrogen and oxygen atoms in total. The monoisotopic (exact) mass is 184 g/mol. The highest BCUT2D eigenvalue weighted by Crippen LogP contribution is 2.38. The van der Waals surface area contributed by atoms with Gasteiger partial charge in [-0.3, -0.25) is 0 Å². The van der Waals surface area contributed by atoms with Crippen molar-refractivity contribution in [1.29, 1.82) is 0 Å². The van der Waals surface area contributed by atoms with E-state index in [4.69, 9.17) is 22.1 Å². The normalized spacial score (nSPS) is 38.0. The van der Waals surface area contributed by atoms with Crippen LogP contribution in [0.25, 0.3) is 0 Å². The van der Waals surface area contributed by atoms with Gasteiger partial charge in [-0.1, -0.05) is 13.8 Å². The van der Waals surface area contributed by atoms with E-state index in [1.807, 2.05) is 13.8 Å². The first-order valence-electron chi connectivity index (χ1n) is 4.46. The summed E-state index contributed by atoms with van der Waals surface area (Å²) in [6, 6.07) is -0.280. The Bertz CT molecular complexity index is 172. The molecular weight excluding hydrogens is 167 g/mol. The largest absolute Gasteiger partial charge is 0.382 e. The Kier molecular flexibility index (Phi) is 3.38. The fourth-order valence-electron chi connectivity index (χ4n) is 1.82. The second kappa shape index (κ2) is 3.99. The lowest BCUT2D eigenvalue weighted by Gasteiger charge is -2.29. The van der Waals surface area contributed by atoms with E-state index in [-0.39, 0.29) is 23.6 Å². The molecule has 13 heavy (non-hydrogen) atoms. The molecule has 1 fully saturated rings. The topological polar surface area (TPSA) is 27.7 Å². The first-order chi connectivity index (χ1) is 6.04. The van der Waals surface area contributed by atoms with Crippen molar-refractivity contribution >= 4 is 7.85 Å². The molecule has 0 saturated carbocycles. The minimum atomic E-state index is -0.280. The molecule has 0 aliphatic carbocycles. The lowest BCUT2D eigenvalue weighted by molar-refractivity contribution is -0.0384. The predicted octanol–water partition coefficient (Wildman–Crippen LogP) is 0.567. The van der Waals surface area contributed by atoms with Gasteiger partial charge in [0.25, 0.3) is 0 Å². The third-order valence-electron chi connectivity index (χ3n) is 2.71. The van der Waals surface area contributed by atoms with Crippen LogP contribution in [-0.2, 0) is 14.2 Å². The zero-order chi connectivity index (χ0) is 10.1. The first-order valence-corrected chi connectivity index (χ1v) is 4.46. The highest BCUT2D eigenvalue weighted by Gasteiger charge is 2.48. The number of ether oxygens (including phenoxy) is 3. The van der Waals surface area contributed by atoms with Crippen molar-refractivity contribution in [2.45, 2.75) is 32.1 Å². The van der Waals surface area contributed by atoms with Crippen LogP contribution < -0.4 is 0 Å². The average Bonchev–Trinajstić information content (AvgIpc) is 2.24. The van der Waals surface area contributed by atoms with Crippen molar-refractivity contribution in [1.82, 2.24) is 0 Å². The van der Waals surface area contributed by atoms with Gasteiger partial charge in [-0.2, -0.15) is 0 Å². The predicted molar refractivity (Wildman–Crippen MR) is 50.9 cm³/mol. The molecule has 1 saturated heterocycles. The zero-order valence-corrected chi connectivity index (χ0v) is 8.74. The van der Waals surface area contributed by atoms with Crippen LogP contribution in [0.3, 0.4) is 0 Å². The average molecular weight is 184 g/mol. The van der Waals surface area contributed by atoms with Gasteiger partial charge in [-0.05, 0) is 0 Å². The van der Waals surface area contributed by atoms with E-state index in [1.54, 1.807) is 14.2 Å². The maximum atomic E-state index is 5.84. The molecule has 0 amide bonds. The quantitative estimate of drug-likeness (QED) is 0.600. The summed E-state index contributed by atoms with van der Waals surface area (Å²) in [5.41, 5.74) is -0.155. The Morgan fingerprint density at radius 2 is 2.00 bits per heavy atom. The van der Waals surface area contributed by atoms with Crippen LogP contribution in [0, 0.1) is 5.41 Å². The van der Waals surface area contributed by atoms with Crippen LogP contribution in [-0.4, -0.2) is 46.9 Å². The molecule has 4 heteroatoms. The van der Waals surface area contributed by atoms with E-state index in [0.29, 0.717) is 6.61 Å². The second-order valence-corrected chi connectivity index (χ2v) is 4.03. The molecule has 1 rings (SSSR count). The molecule has 1 aliphatic heterocycles. The lowest BCUT2D eigenvalue weighted by atomic mass is 9.73. The Labute approximate surface area is 81.1 Å². The van der Waals surface area contributed by atoms with Crippen molar-refractivity contribution in [3.05, 3.63) is 0 Å². The van der Waals surface area contributed by atoms with E-state index in [0.717, 1.165) is 0 Å². The number of methoxy groups -OCH3 is 2. The lowest BCUT2D eigenvalue weighted by Crippen LogP contribution is -2.38. The summed E-state index contributed by atoms with van der Waals surface area (Å²) in [4.78, 5) is 0. The molecule has 0 aromatic rings. The van der Waals surface area contributed by atoms with Gasteiger partial charge < -0.3 is 14.2 Å². The SMILES string of the molecule is [B]C1OC(COC)C(OC)C1(C)C. The fourth-order valence-corrected chi connectivity index (χ4v) is 1.82. The van der Waals surface area contributed by atoms with Gasteiger partial charge in [-0.25, -0.2) is 0 Å². The van der Waals surface area contributed by atoms with E-state index in [1.165, 1.54) is 0 Å². The molecule has 1 aliphatic rings. The van der Waals surface area contributed by atoms with Gasteiger partial charge in [-0.15, -0.1) is 0 Å². The highest BCUT2D eigenvalue weighted by molar-refractivity contribution is 6.11. The molecule has 0 N–H and O–H groups in total. The van der Waals surface area contributed by atoms with Gasteiger partial charge in [0.1, 0.15) is 14.0 Å². The fraction of sp³-hybridized carbons (Fsp3) is 1.00. The minimum Gasteiger partial charge on any atom is -0.382 e. The summed E-state index contributed by atoms with van der Waals surface area (Å²) in [6.07, 6.45) is -0.0533. The highest BCUT2D eigenvalue weighted by atomic mass is 16.6. The van der Waals surface area contributed by atoms with Crippen LogP contribution in [0.1, 0.15) is 13.8 Å². The molecule has 0 bridgehead atoms. The van der Waals surface area contributed by atoms with Crippen molar-refractivity contribution < 1.29 is 14.2 Å². The first kappa shape index (κ1) is 11.0. The van der Waals surface area contributed by atoms with E-state index >= 15 is 0 Å². The van der Waals surface area contributed by atoms with Crippen LogP contribution >= 0.6 is 0 Å². The third kappa shape index (κ3) is 1.90. The summed E-state index contributed by atoms with van der Waals surface area (Å²) in [5, 5.41) is 0. The van der Waals surface area contributed by atoms with Crippen LogP contribution in [0.2, 0.25) is 0 Å². The molecule has 1 heterocycles. The third-order valence-corrected chi connectivity index (χ3v) is 2.71. The van der Waals surface area contributed by atoms with Crippen molar-refractivity contribution in [2.24, 2.45) is 5.41 Å². The molecule has 3 atom stereocenters. The Morgan fingerprint density at radius 3 is 2.46 bits per heavy atom. The molecule has 3 unspecified atom stereocenters. The number of rotatable bonds is 3. The van der Waals surface area contributed by atoms with Crippen LogP contribution in [0.5, 0.6) is 0 Å². The number of hydrogen-bond donors (Lipinski definition) is 0. The molecule has 0 spiro atoms. The summed E-state index contributed by atoms with van der Waals surface area (Å²) < 4.78 is 16.0. The summed E-state index contributed by atoms with van der Waals surface area (Å²) in [5.74, 6) is 0. The zero-order valence-electron chi connectivity index (χ0n) is 8.74. The Hall–Kier alpha value is -0.0551. The second-order valence-electron chi connectivity index (χ2n) is 4.03. The summed E-state index contributed by atoms with van der Waals surface area (Å²) in [6.45, 7) is 4.61. The molecule has 74 valence electrons. The van der Waals surface area contributed by atoms with Gasteiger partial charge in [0.15, 0.2) is 0 Å². The van der Waals surface area contributed by atoms with E-state index in [2.05, 4.69) is 0 Å². The standard InChI is InChI=1S/C9H17BO3/c1-9(2)7(12-4)6(5-11-3)13-8(9)10/h6-8H,5H2,1-4H3. The summed E-state index contributed by atoms with van der Waals surface area (Å²) in [7, 11) is 9.16. The molecule has 2 radical (unpaired) electrons. The van der Waals surface area contributed by atoms with Gasteiger partial charge in [0.2, 0.25) is 0 Å². The maximum Gasteiger partial charge on any atom is 0.109 e. The van der Waals surface area contributed by atoms with Gasteiger partial charge in [0, 0.05) is 25.6 Å². The van der Waals surface area contributed by atoms with Gasteiger partial charge >= 0.3 is 0 Å². The summed E-state index contributed by atoms with van der Waals surface area (Å²) >= 11 is 0. The van der Waals surface area contributed by atoms with Gasteiger partial charge in [0.05, 0.1) is 12.7 Å². The Balaban J connectivity index is 2.70. The van der Waals surface area contributed by atoms with Crippen LogP contribution in [0.15, 0.2) is 0 Å².